The van der Waals surface area contributed by atoms with Gasteiger partial charge in [-0.3, -0.25) is 4.99 Å². The molecule has 0 saturated carbocycles. The van der Waals surface area contributed by atoms with E-state index in [-0.39, 0.29) is 17.9 Å². The average Bonchev–Trinajstić information content (AvgIpc) is 3.52. The van der Waals surface area contributed by atoms with Crippen LogP contribution in [0.5, 0.6) is 0 Å². The molecule has 5 heterocycles. The van der Waals surface area contributed by atoms with Crippen LogP contribution < -0.4 is 0 Å². The van der Waals surface area contributed by atoms with Crippen LogP contribution in [0.2, 0.25) is 0 Å². The molecule has 3 aliphatic heterocycles. The van der Waals surface area contributed by atoms with Gasteiger partial charge in [-0.15, -0.1) is 0 Å². The second kappa shape index (κ2) is 8.20. The van der Waals surface area contributed by atoms with Crippen LogP contribution in [0.4, 0.5) is 4.39 Å². The van der Waals surface area contributed by atoms with Crippen LogP contribution in [0.3, 0.4) is 0 Å². The largest absolute Gasteiger partial charge is 0.348 e. The molecule has 0 spiro atoms. The Bertz CT molecular complexity index is 1270. The number of halogens is 1. The van der Waals surface area contributed by atoms with Crippen LogP contribution in [0.1, 0.15) is 36.2 Å². The van der Waals surface area contributed by atoms with E-state index in [1.54, 1.807) is 18.3 Å². The normalized spacial score (nSPS) is 21.7. The highest BCUT2D eigenvalue weighted by Crippen LogP contribution is 2.35. The maximum atomic E-state index is 13.9. The van der Waals surface area contributed by atoms with Gasteiger partial charge < -0.3 is 4.90 Å². The highest BCUT2D eigenvalue weighted by Gasteiger charge is 2.35. The van der Waals surface area contributed by atoms with Gasteiger partial charge in [0.15, 0.2) is 0 Å². The van der Waals surface area contributed by atoms with Crippen molar-refractivity contribution in [3.8, 4) is 11.4 Å². The van der Waals surface area contributed by atoms with Crippen LogP contribution >= 0.6 is 0 Å². The molecule has 0 bridgehead atoms. The van der Waals surface area contributed by atoms with E-state index >= 15 is 0 Å². The van der Waals surface area contributed by atoms with Crippen LogP contribution in [0.15, 0.2) is 83.3 Å². The van der Waals surface area contributed by atoms with Gasteiger partial charge in [-0.05, 0) is 60.9 Å². The Morgan fingerprint density at radius 2 is 1.85 bits per heavy atom. The number of nitrogens with zero attached hydrogens (tertiary/aromatic N) is 7. The Kier molecular flexibility index (Phi) is 4.90. The van der Waals surface area contributed by atoms with Gasteiger partial charge in [-0.2, -0.15) is 5.10 Å². The summed E-state index contributed by atoms with van der Waals surface area (Å²) in [7, 11) is 0. The minimum absolute atomic E-state index is 0.0861. The SMILES string of the molecule is Fc1cccc(C2CCCN2C2=NN3C(=NCC3c3cccc(-c4ccncn4)n3)C=C2)c1. The summed E-state index contributed by atoms with van der Waals surface area (Å²) in [5.41, 5.74) is 3.46. The van der Waals surface area contributed by atoms with Gasteiger partial charge in [0.05, 0.1) is 29.7 Å². The zero-order chi connectivity index (χ0) is 22.2. The molecular formula is C25H22FN7. The van der Waals surface area contributed by atoms with Crippen molar-refractivity contribution >= 4 is 11.7 Å². The summed E-state index contributed by atoms with van der Waals surface area (Å²) < 4.78 is 13.9. The Hall–Kier alpha value is -3.94. The lowest BCUT2D eigenvalue weighted by Crippen LogP contribution is -2.36. The number of amidine groups is 2. The highest BCUT2D eigenvalue weighted by atomic mass is 19.1. The molecule has 1 fully saturated rings. The lowest BCUT2D eigenvalue weighted by atomic mass is 10.0. The molecule has 1 saturated heterocycles. The lowest BCUT2D eigenvalue weighted by molar-refractivity contribution is 0.337. The number of benzene rings is 1. The molecule has 33 heavy (non-hydrogen) atoms. The second-order valence-corrected chi connectivity index (χ2v) is 8.30. The Morgan fingerprint density at radius 3 is 2.73 bits per heavy atom. The van der Waals surface area contributed by atoms with Crippen LogP contribution in [-0.4, -0.2) is 49.6 Å². The minimum atomic E-state index is -0.204. The number of hydrazone groups is 1. The van der Waals surface area contributed by atoms with Crippen molar-refractivity contribution in [1.82, 2.24) is 24.9 Å². The van der Waals surface area contributed by atoms with E-state index in [0.717, 1.165) is 53.7 Å². The lowest BCUT2D eigenvalue weighted by Gasteiger charge is -2.31. The Morgan fingerprint density at radius 1 is 0.939 bits per heavy atom. The molecule has 7 nitrogen and oxygen atoms in total. The average molecular weight is 439 g/mol. The molecule has 0 N–H and O–H groups in total. The van der Waals surface area contributed by atoms with E-state index in [1.165, 1.54) is 12.4 Å². The number of pyridine rings is 1. The first-order valence-corrected chi connectivity index (χ1v) is 11.1. The fourth-order valence-electron chi connectivity index (χ4n) is 4.73. The van der Waals surface area contributed by atoms with Crippen LogP contribution in [0.25, 0.3) is 11.4 Å². The van der Waals surface area contributed by atoms with E-state index in [0.29, 0.717) is 6.54 Å². The van der Waals surface area contributed by atoms with Crippen molar-refractivity contribution in [1.29, 1.82) is 0 Å². The number of aliphatic imine (C=N–C) groups is 1. The fraction of sp³-hybridized carbons (Fsp3) is 0.240. The fourth-order valence-corrected chi connectivity index (χ4v) is 4.73. The number of hydrogen-bond acceptors (Lipinski definition) is 7. The summed E-state index contributed by atoms with van der Waals surface area (Å²) in [6.07, 6.45) is 9.28. The number of aromatic nitrogens is 3. The summed E-state index contributed by atoms with van der Waals surface area (Å²) >= 11 is 0. The van der Waals surface area contributed by atoms with Gasteiger partial charge in [-0.25, -0.2) is 24.4 Å². The number of hydrogen-bond donors (Lipinski definition) is 0. The Labute approximate surface area is 191 Å². The van der Waals surface area contributed by atoms with E-state index < -0.39 is 0 Å². The predicted molar refractivity (Wildman–Crippen MR) is 124 cm³/mol. The molecule has 8 heteroatoms. The quantitative estimate of drug-likeness (QED) is 0.613. The molecule has 1 aromatic carbocycles. The molecule has 0 radical (unpaired) electrons. The third-order valence-electron chi connectivity index (χ3n) is 6.28. The smallest absolute Gasteiger partial charge is 0.149 e. The number of rotatable bonds is 3. The van der Waals surface area contributed by atoms with Crippen LogP contribution in [-0.2, 0) is 0 Å². The maximum Gasteiger partial charge on any atom is 0.149 e. The third kappa shape index (κ3) is 3.67. The van der Waals surface area contributed by atoms with Gasteiger partial charge in [0, 0.05) is 12.7 Å². The minimum Gasteiger partial charge on any atom is -0.348 e. The molecule has 3 aromatic rings. The van der Waals surface area contributed by atoms with Crippen LogP contribution in [0, 0.1) is 5.82 Å². The topological polar surface area (TPSA) is 69.9 Å². The van der Waals surface area contributed by atoms with Gasteiger partial charge >= 0.3 is 0 Å². The van der Waals surface area contributed by atoms with E-state index in [4.69, 9.17) is 10.1 Å². The van der Waals surface area contributed by atoms with Crippen molar-refractivity contribution in [2.45, 2.75) is 24.9 Å². The van der Waals surface area contributed by atoms with Crippen molar-refractivity contribution < 1.29 is 4.39 Å². The highest BCUT2D eigenvalue weighted by molar-refractivity contribution is 6.06. The zero-order valence-corrected chi connectivity index (χ0v) is 17.9. The Balaban J connectivity index is 1.29. The van der Waals surface area contributed by atoms with Crippen molar-refractivity contribution in [3.05, 3.63) is 90.3 Å². The monoisotopic (exact) mass is 439 g/mol. The molecule has 2 atom stereocenters. The van der Waals surface area contributed by atoms with Crippen molar-refractivity contribution in [3.63, 3.8) is 0 Å². The first-order valence-electron chi connectivity index (χ1n) is 11.1. The summed E-state index contributed by atoms with van der Waals surface area (Å²) in [6.45, 7) is 1.47. The first-order chi connectivity index (χ1) is 16.3. The molecule has 2 unspecified atom stereocenters. The van der Waals surface area contributed by atoms with E-state index in [2.05, 4.69) is 19.9 Å². The van der Waals surface area contributed by atoms with Crippen molar-refractivity contribution in [2.75, 3.05) is 13.1 Å². The maximum absolute atomic E-state index is 13.9. The first kappa shape index (κ1) is 19.7. The molecular weight excluding hydrogens is 417 g/mol. The summed E-state index contributed by atoms with van der Waals surface area (Å²) in [5, 5.41) is 6.94. The zero-order valence-electron chi connectivity index (χ0n) is 17.9. The third-order valence-corrected chi connectivity index (χ3v) is 6.28. The predicted octanol–water partition coefficient (Wildman–Crippen LogP) is 4.15. The van der Waals surface area contributed by atoms with E-state index in [9.17, 15) is 4.39 Å². The van der Waals surface area contributed by atoms with Gasteiger partial charge in [0.25, 0.3) is 0 Å². The number of likely N-dealkylation sites (tertiary alicyclic amines) is 1. The molecule has 3 aliphatic rings. The molecule has 0 amide bonds. The molecule has 164 valence electrons. The van der Waals surface area contributed by atoms with E-state index in [1.807, 2.05) is 47.5 Å². The van der Waals surface area contributed by atoms with Gasteiger partial charge in [0.2, 0.25) is 0 Å². The molecule has 6 rings (SSSR count). The van der Waals surface area contributed by atoms with Gasteiger partial charge in [-0.1, -0.05) is 18.2 Å². The summed E-state index contributed by atoms with van der Waals surface area (Å²) in [4.78, 5) is 20.1. The number of fused-ring (bicyclic) bond motifs is 1. The van der Waals surface area contributed by atoms with Gasteiger partial charge in [0.1, 0.15) is 29.9 Å². The summed E-state index contributed by atoms with van der Waals surface area (Å²) in [5.74, 6) is 1.50. The molecule has 0 aliphatic carbocycles. The summed E-state index contributed by atoms with van der Waals surface area (Å²) in [6, 6.07) is 14.7. The standard InChI is InChI=1S/C25H22FN7/c26-18-5-1-4-17(14-18)22-8-3-13-32(22)25-10-9-24-28-15-23(33(24)31-25)21-7-2-6-20(30-21)19-11-12-27-16-29-19/h1-2,4-7,9-12,14,16,22-23H,3,8,13,15H2. The molecule has 2 aromatic heterocycles. The van der Waals surface area contributed by atoms with Crippen molar-refractivity contribution in [2.24, 2.45) is 10.1 Å². The second-order valence-electron chi connectivity index (χ2n) is 8.30.